The van der Waals surface area contributed by atoms with Gasteiger partial charge >= 0.3 is 5.97 Å². The molecule has 0 N–H and O–H groups in total. The fourth-order valence-electron chi connectivity index (χ4n) is 1.87. The highest BCUT2D eigenvalue weighted by Gasteiger charge is 2.61. The molecule has 0 saturated carbocycles. The minimum absolute atomic E-state index is 0.266. The van der Waals surface area contributed by atoms with Crippen molar-refractivity contribution in [1.82, 2.24) is 0 Å². The van der Waals surface area contributed by atoms with Gasteiger partial charge in [-0.3, -0.25) is 4.79 Å². The van der Waals surface area contributed by atoms with Crippen molar-refractivity contribution in [3.05, 3.63) is 0 Å². The molecule has 0 spiro atoms. The molecule has 2 unspecified atom stereocenters. The molecule has 0 aromatic rings. The second-order valence-electron chi connectivity index (χ2n) is 3.83. The van der Waals surface area contributed by atoms with Gasteiger partial charge in [0.2, 0.25) is 0 Å². The van der Waals surface area contributed by atoms with Gasteiger partial charge in [-0.25, -0.2) is 0 Å². The fourth-order valence-corrected chi connectivity index (χ4v) is 1.87. The molecule has 1 heterocycles. The molecule has 0 aliphatic carbocycles. The van der Waals surface area contributed by atoms with Crippen LogP contribution >= 0.6 is 0 Å². The van der Waals surface area contributed by atoms with Crippen LogP contribution in [0.3, 0.4) is 0 Å². The summed E-state index contributed by atoms with van der Waals surface area (Å²) in [5, 5.41) is 0. The Morgan fingerprint density at radius 2 is 2.36 bits per heavy atom. The summed E-state index contributed by atoms with van der Waals surface area (Å²) < 4.78 is 10.1. The first-order valence-electron chi connectivity index (χ1n) is 4.72. The number of esters is 1. The Morgan fingerprint density at radius 3 is 2.64 bits per heavy atom. The van der Waals surface area contributed by atoms with E-state index in [2.05, 4.69) is 5.92 Å². The van der Waals surface area contributed by atoms with Crippen LogP contribution in [0.5, 0.6) is 0 Å². The van der Waals surface area contributed by atoms with Gasteiger partial charge in [-0.05, 0) is 13.3 Å². The van der Waals surface area contributed by atoms with E-state index < -0.39 is 11.0 Å². The molecule has 0 amide bonds. The first-order valence-corrected chi connectivity index (χ1v) is 4.72. The summed E-state index contributed by atoms with van der Waals surface area (Å²) in [6.45, 7) is 4.42. The Kier molecular flexibility index (Phi) is 2.86. The maximum Gasteiger partial charge on any atom is 0.315 e. The summed E-state index contributed by atoms with van der Waals surface area (Å²) in [5.74, 6) is 2.27. The Labute approximate surface area is 84.8 Å². The number of methoxy groups -OCH3 is 1. The zero-order valence-corrected chi connectivity index (χ0v) is 8.92. The maximum atomic E-state index is 11.7. The summed E-state index contributed by atoms with van der Waals surface area (Å²) in [6, 6.07) is 0. The third-order valence-electron chi connectivity index (χ3n) is 3.17. The van der Waals surface area contributed by atoms with Crippen LogP contribution in [0.1, 0.15) is 26.7 Å². The van der Waals surface area contributed by atoms with Crippen LogP contribution in [0, 0.1) is 17.8 Å². The molecule has 14 heavy (non-hydrogen) atoms. The molecular weight excluding hydrogens is 180 g/mol. The summed E-state index contributed by atoms with van der Waals surface area (Å²) in [6.07, 6.45) is 6.30. The topological polar surface area (TPSA) is 38.8 Å². The van der Waals surface area contributed by atoms with Crippen molar-refractivity contribution in [2.45, 2.75) is 32.3 Å². The lowest BCUT2D eigenvalue weighted by atomic mass is 9.71. The molecule has 78 valence electrons. The van der Waals surface area contributed by atoms with Crippen LogP contribution in [-0.4, -0.2) is 25.3 Å². The van der Waals surface area contributed by atoms with Crippen molar-refractivity contribution in [3.63, 3.8) is 0 Å². The summed E-state index contributed by atoms with van der Waals surface area (Å²) in [4.78, 5) is 11.7. The van der Waals surface area contributed by atoms with Crippen molar-refractivity contribution < 1.29 is 14.3 Å². The van der Waals surface area contributed by atoms with E-state index >= 15 is 0 Å². The third-order valence-corrected chi connectivity index (χ3v) is 3.17. The summed E-state index contributed by atoms with van der Waals surface area (Å²) in [5.41, 5.74) is -1.10. The number of rotatable bonds is 4. The lowest BCUT2D eigenvalue weighted by Crippen LogP contribution is -2.43. The smallest absolute Gasteiger partial charge is 0.315 e. The molecule has 1 aliphatic rings. The van der Waals surface area contributed by atoms with Crippen LogP contribution < -0.4 is 0 Å². The van der Waals surface area contributed by atoms with Gasteiger partial charge in [0.05, 0.1) is 13.7 Å². The van der Waals surface area contributed by atoms with Crippen LogP contribution in [-0.2, 0) is 14.3 Å². The summed E-state index contributed by atoms with van der Waals surface area (Å²) >= 11 is 0. The van der Waals surface area contributed by atoms with Gasteiger partial charge in [-0.15, -0.1) is 12.3 Å². The SMILES string of the molecule is C#CCC(CC)(C(=O)OC)C1(C)CO1. The van der Waals surface area contributed by atoms with Crippen LogP contribution in [0.25, 0.3) is 0 Å². The Balaban J connectivity index is 2.99. The zero-order chi connectivity index (χ0) is 10.8. The maximum absolute atomic E-state index is 11.7. The first kappa shape index (κ1) is 11.1. The Hall–Kier alpha value is -1.01. The quantitative estimate of drug-likeness (QED) is 0.387. The van der Waals surface area contributed by atoms with Crippen molar-refractivity contribution in [2.24, 2.45) is 5.41 Å². The molecule has 1 saturated heterocycles. The monoisotopic (exact) mass is 196 g/mol. The lowest BCUT2D eigenvalue weighted by Gasteiger charge is -2.31. The lowest BCUT2D eigenvalue weighted by molar-refractivity contribution is -0.157. The van der Waals surface area contributed by atoms with Crippen LogP contribution in [0.4, 0.5) is 0 Å². The number of carbonyl (C=O) groups excluding carboxylic acids is 1. The van der Waals surface area contributed by atoms with E-state index in [1.807, 2.05) is 13.8 Å². The highest BCUT2D eigenvalue weighted by atomic mass is 16.6. The number of epoxide rings is 1. The van der Waals surface area contributed by atoms with Gasteiger partial charge in [0, 0.05) is 6.42 Å². The van der Waals surface area contributed by atoms with E-state index in [9.17, 15) is 4.79 Å². The van der Waals surface area contributed by atoms with Crippen LogP contribution in [0.15, 0.2) is 0 Å². The van der Waals surface area contributed by atoms with Crippen molar-refractivity contribution >= 4 is 5.97 Å². The van der Waals surface area contributed by atoms with Gasteiger partial charge in [-0.1, -0.05) is 6.92 Å². The van der Waals surface area contributed by atoms with E-state index in [4.69, 9.17) is 15.9 Å². The molecule has 0 aromatic heterocycles. The highest BCUT2D eigenvalue weighted by Crippen LogP contribution is 2.49. The predicted molar refractivity (Wildman–Crippen MR) is 52.5 cm³/mol. The standard InChI is InChI=1S/C11H16O3/c1-5-7-11(6-2,9(12)13-4)10(3)8-14-10/h1H,6-8H2,2-4H3. The predicted octanol–water partition coefficient (Wildman–Crippen LogP) is 1.37. The molecule has 1 fully saturated rings. The van der Waals surface area contributed by atoms with Crippen molar-refractivity contribution in [1.29, 1.82) is 0 Å². The number of carbonyl (C=O) groups is 1. The van der Waals surface area contributed by atoms with Crippen molar-refractivity contribution in [2.75, 3.05) is 13.7 Å². The molecule has 0 aromatic carbocycles. The number of terminal acetylenes is 1. The molecule has 0 bridgehead atoms. The number of ether oxygens (including phenoxy) is 2. The normalized spacial score (nSPS) is 28.7. The van der Waals surface area contributed by atoms with Gasteiger partial charge in [0.15, 0.2) is 0 Å². The Morgan fingerprint density at radius 1 is 1.79 bits per heavy atom. The van der Waals surface area contributed by atoms with E-state index in [1.165, 1.54) is 7.11 Å². The fraction of sp³-hybridized carbons (Fsp3) is 0.727. The van der Waals surface area contributed by atoms with Gasteiger partial charge in [0.1, 0.15) is 11.0 Å². The van der Waals surface area contributed by atoms with Gasteiger partial charge in [0.25, 0.3) is 0 Å². The first-order chi connectivity index (χ1) is 6.56. The molecule has 2 atom stereocenters. The van der Waals surface area contributed by atoms with Crippen LogP contribution in [0.2, 0.25) is 0 Å². The largest absolute Gasteiger partial charge is 0.468 e. The molecule has 3 nitrogen and oxygen atoms in total. The molecule has 1 rings (SSSR count). The average Bonchev–Trinajstić information content (AvgIpc) is 2.93. The molecule has 1 aliphatic heterocycles. The third kappa shape index (κ3) is 1.40. The van der Waals surface area contributed by atoms with Crippen molar-refractivity contribution in [3.8, 4) is 12.3 Å². The molecule has 0 radical (unpaired) electrons. The second-order valence-corrected chi connectivity index (χ2v) is 3.83. The molecule has 3 heteroatoms. The Bertz CT molecular complexity index is 273. The van der Waals surface area contributed by atoms with E-state index in [1.54, 1.807) is 0 Å². The van der Waals surface area contributed by atoms with Gasteiger partial charge in [-0.2, -0.15) is 0 Å². The summed E-state index contributed by atoms with van der Waals surface area (Å²) in [7, 11) is 1.38. The number of hydrogen-bond acceptors (Lipinski definition) is 3. The van der Waals surface area contributed by atoms with E-state index in [-0.39, 0.29) is 5.97 Å². The highest BCUT2D eigenvalue weighted by molar-refractivity contribution is 5.79. The average molecular weight is 196 g/mol. The van der Waals surface area contributed by atoms with Gasteiger partial charge < -0.3 is 9.47 Å². The van der Waals surface area contributed by atoms with E-state index in [0.717, 1.165) is 0 Å². The number of hydrogen-bond donors (Lipinski definition) is 0. The zero-order valence-electron chi connectivity index (χ0n) is 8.92. The molecular formula is C11H16O3. The second kappa shape index (κ2) is 3.62. The minimum atomic E-state index is -0.670. The van der Waals surface area contributed by atoms with E-state index in [0.29, 0.717) is 19.4 Å². The minimum Gasteiger partial charge on any atom is -0.468 e.